The van der Waals surface area contributed by atoms with Crippen molar-refractivity contribution in [2.24, 2.45) is 0 Å². The van der Waals surface area contributed by atoms with Gasteiger partial charge in [-0.1, -0.05) is 30.3 Å². The van der Waals surface area contributed by atoms with Crippen LogP contribution in [0.15, 0.2) is 54.6 Å². The molecule has 1 fully saturated rings. The van der Waals surface area contributed by atoms with Gasteiger partial charge in [0, 0.05) is 5.69 Å². The Morgan fingerprint density at radius 2 is 1.67 bits per heavy atom. The lowest BCUT2D eigenvalue weighted by Gasteiger charge is -2.35. The molecule has 2 aromatic carbocycles. The van der Waals surface area contributed by atoms with Gasteiger partial charge in [0.25, 0.3) is 0 Å². The summed E-state index contributed by atoms with van der Waals surface area (Å²) < 4.78 is 13.1. The van der Waals surface area contributed by atoms with Gasteiger partial charge in [-0.2, -0.15) is 0 Å². The third-order valence-electron chi connectivity index (χ3n) is 3.41. The van der Waals surface area contributed by atoms with Gasteiger partial charge in [0.05, 0.1) is 6.54 Å². The number of carbonyl (C=O) groups excluding carboxylic acids is 2. The Morgan fingerprint density at radius 1 is 1.00 bits per heavy atom. The molecule has 3 rings (SSSR count). The Labute approximate surface area is 121 Å². The van der Waals surface area contributed by atoms with E-state index in [1.54, 1.807) is 12.1 Å². The number of hydrogen-bond donors (Lipinski definition) is 1. The predicted octanol–water partition coefficient (Wildman–Crippen LogP) is 2.03. The van der Waals surface area contributed by atoms with Crippen LogP contribution in [-0.2, 0) is 9.59 Å². The van der Waals surface area contributed by atoms with E-state index in [9.17, 15) is 14.0 Å². The molecular formula is C16H13FN2O2. The second-order valence-electron chi connectivity index (χ2n) is 4.77. The van der Waals surface area contributed by atoms with Crippen molar-refractivity contribution in [3.63, 3.8) is 0 Å². The number of halogens is 1. The summed E-state index contributed by atoms with van der Waals surface area (Å²) in [7, 11) is 0. The summed E-state index contributed by atoms with van der Waals surface area (Å²) in [6, 6.07) is 13.9. The molecule has 0 radical (unpaired) electrons. The van der Waals surface area contributed by atoms with E-state index in [-0.39, 0.29) is 24.2 Å². The van der Waals surface area contributed by atoms with Crippen LogP contribution >= 0.6 is 0 Å². The minimum Gasteiger partial charge on any atom is -0.345 e. The van der Waals surface area contributed by atoms with Gasteiger partial charge in [0.2, 0.25) is 11.8 Å². The number of nitrogens with zero attached hydrogens (tertiary/aromatic N) is 1. The number of rotatable bonds is 2. The molecule has 1 N–H and O–H groups in total. The minimum atomic E-state index is -0.738. The third kappa shape index (κ3) is 2.50. The maximum Gasteiger partial charge on any atom is 0.248 e. The SMILES string of the molecule is O=C1NCC(=O)N(c2ccc(F)cc2)C1c1ccccc1. The van der Waals surface area contributed by atoms with Crippen LogP contribution in [0.1, 0.15) is 11.6 Å². The van der Waals surface area contributed by atoms with Crippen LogP contribution < -0.4 is 10.2 Å². The lowest BCUT2D eigenvalue weighted by molar-refractivity contribution is -0.131. The molecule has 1 saturated heterocycles. The maximum atomic E-state index is 13.1. The van der Waals surface area contributed by atoms with Crippen LogP contribution in [0.4, 0.5) is 10.1 Å². The zero-order valence-electron chi connectivity index (χ0n) is 11.1. The van der Waals surface area contributed by atoms with Crippen molar-refractivity contribution in [3.8, 4) is 0 Å². The molecule has 5 heteroatoms. The van der Waals surface area contributed by atoms with Crippen molar-refractivity contribution in [1.29, 1.82) is 0 Å². The highest BCUT2D eigenvalue weighted by molar-refractivity contribution is 6.06. The molecule has 21 heavy (non-hydrogen) atoms. The fourth-order valence-corrected chi connectivity index (χ4v) is 2.44. The number of carbonyl (C=O) groups is 2. The molecule has 1 heterocycles. The van der Waals surface area contributed by atoms with Crippen molar-refractivity contribution in [1.82, 2.24) is 5.32 Å². The molecule has 1 aliphatic rings. The molecule has 0 spiro atoms. The number of nitrogens with one attached hydrogen (secondary N) is 1. The van der Waals surface area contributed by atoms with Crippen LogP contribution in [0.5, 0.6) is 0 Å². The van der Waals surface area contributed by atoms with Gasteiger partial charge < -0.3 is 5.32 Å². The predicted molar refractivity (Wildman–Crippen MR) is 76.1 cm³/mol. The number of anilines is 1. The summed E-state index contributed by atoms with van der Waals surface area (Å²) in [5.74, 6) is -0.857. The summed E-state index contributed by atoms with van der Waals surface area (Å²) >= 11 is 0. The number of piperazine rings is 1. The molecule has 2 amide bonds. The highest BCUT2D eigenvalue weighted by Gasteiger charge is 2.36. The summed E-state index contributed by atoms with van der Waals surface area (Å²) in [5, 5.41) is 2.59. The Balaban J connectivity index is 2.06. The maximum absolute atomic E-state index is 13.1. The van der Waals surface area contributed by atoms with Gasteiger partial charge in [-0.15, -0.1) is 0 Å². The van der Waals surface area contributed by atoms with E-state index >= 15 is 0 Å². The van der Waals surface area contributed by atoms with Crippen molar-refractivity contribution < 1.29 is 14.0 Å². The summed E-state index contributed by atoms with van der Waals surface area (Å²) in [6.45, 7) is -0.0560. The Kier molecular flexibility index (Phi) is 3.39. The van der Waals surface area contributed by atoms with Crippen LogP contribution in [0, 0.1) is 5.82 Å². The Morgan fingerprint density at radius 3 is 2.33 bits per heavy atom. The van der Waals surface area contributed by atoms with Crippen LogP contribution in [0.25, 0.3) is 0 Å². The molecule has 1 unspecified atom stereocenters. The quantitative estimate of drug-likeness (QED) is 0.917. The standard InChI is InChI=1S/C16H13FN2O2/c17-12-6-8-13(9-7-12)19-14(20)10-18-16(21)15(19)11-4-2-1-3-5-11/h1-9,15H,10H2,(H,18,21). The van der Waals surface area contributed by atoms with E-state index in [1.165, 1.54) is 29.2 Å². The summed E-state index contributed by atoms with van der Waals surface area (Å²) in [5.41, 5.74) is 1.22. The molecule has 4 nitrogen and oxygen atoms in total. The first-order chi connectivity index (χ1) is 10.2. The summed E-state index contributed by atoms with van der Waals surface area (Å²) in [6.07, 6.45) is 0. The Bertz CT molecular complexity index is 670. The van der Waals surface area contributed by atoms with E-state index in [2.05, 4.69) is 5.32 Å². The van der Waals surface area contributed by atoms with Gasteiger partial charge in [-0.3, -0.25) is 14.5 Å². The van der Waals surface area contributed by atoms with Crippen LogP contribution in [-0.4, -0.2) is 18.4 Å². The van der Waals surface area contributed by atoms with Gasteiger partial charge >= 0.3 is 0 Å². The third-order valence-corrected chi connectivity index (χ3v) is 3.41. The normalized spacial score (nSPS) is 18.5. The number of amides is 2. The smallest absolute Gasteiger partial charge is 0.248 e. The molecule has 106 valence electrons. The second-order valence-corrected chi connectivity index (χ2v) is 4.77. The largest absolute Gasteiger partial charge is 0.345 e. The van der Waals surface area contributed by atoms with Crippen molar-refractivity contribution in [3.05, 3.63) is 66.0 Å². The lowest BCUT2D eigenvalue weighted by atomic mass is 10.0. The molecular weight excluding hydrogens is 271 g/mol. The van der Waals surface area contributed by atoms with Crippen molar-refractivity contribution >= 4 is 17.5 Å². The average Bonchev–Trinajstić information content (AvgIpc) is 2.51. The van der Waals surface area contributed by atoms with E-state index in [1.807, 2.05) is 18.2 Å². The molecule has 0 aromatic heterocycles. The Hall–Kier alpha value is -2.69. The molecule has 0 aliphatic carbocycles. The highest BCUT2D eigenvalue weighted by Crippen LogP contribution is 2.29. The second kappa shape index (κ2) is 5.36. The number of benzene rings is 2. The zero-order valence-corrected chi connectivity index (χ0v) is 11.1. The molecule has 1 atom stereocenters. The number of hydrogen-bond acceptors (Lipinski definition) is 2. The van der Waals surface area contributed by atoms with E-state index in [0.29, 0.717) is 11.3 Å². The van der Waals surface area contributed by atoms with Crippen molar-refractivity contribution in [2.45, 2.75) is 6.04 Å². The van der Waals surface area contributed by atoms with E-state index in [0.717, 1.165) is 0 Å². The monoisotopic (exact) mass is 284 g/mol. The topological polar surface area (TPSA) is 49.4 Å². The fraction of sp³-hybridized carbons (Fsp3) is 0.125. The molecule has 0 bridgehead atoms. The molecule has 1 aliphatic heterocycles. The van der Waals surface area contributed by atoms with Gasteiger partial charge in [-0.25, -0.2) is 4.39 Å². The zero-order chi connectivity index (χ0) is 14.8. The van der Waals surface area contributed by atoms with E-state index < -0.39 is 6.04 Å². The van der Waals surface area contributed by atoms with Crippen molar-refractivity contribution in [2.75, 3.05) is 11.4 Å². The summed E-state index contributed by atoms with van der Waals surface area (Å²) in [4.78, 5) is 25.8. The van der Waals surface area contributed by atoms with Crippen LogP contribution in [0.3, 0.4) is 0 Å². The van der Waals surface area contributed by atoms with Crippen LogP contribution in [0.2, 0.25) is 0 Å². The van der Waals surface area contributed by atoms with Gasteiger partial charge in [-0.05, 0) is 29.8 Å². The van der Waals surface area contributed by atoms with Gasteiger partial charge in [0.1, 0.15) is 11.9 Å². The molecule has 0 saturated carbocycles. The first-order valence-corrected chi connectivity index (χ1v) is 6.57. The molecule has 2 aromatic rings. The lowest BCUT2D eigenvalue weighted by Crippen LogP contribution is -2.53. The van der Waals surface area contributed by atoms with Gasteiger partial charge in [0.15, 0.2) is 0 Å². The fourth-order valence-electron chi connectivity index (χ4n) is 2.44. The average molecular weight is 284 g/mol. The first kappa shape index (κ1) is 13.3. The van der Waals surface area contributed by atoms with E-state index in [4.69, 9.17) is 0 Å². The first-order valence-electron chi connectivity index (χ1n) is 6.57. The minimum absolute atomic E-state index is 0.0560. The highest BCUT2D eigenvalue weighted by atomic mass is 19.1.